The molecule has 3 nitrogen and oxygen atoms in total. The molecule has 3 heteroatoms. The van der Waals surface area contributed by atoms with Gasteiger partial charge in [-0.15, -0.1) is 0 Å². The van der Waals surface area contributed by atoms with E-state index in [2.05, 4.69) is 12.2 Å². The van der Waals surface area contributed by atoms with Crippen LogP contribution in [-0.2, 0) is 4.79 Å². The molecule has 1 N–H and O–H groups in total. The van der Waals surface area contributed by atoms with E-state index in [1.807, 2.05) is 11.8 Å². The van der Waals surface area contributed by atoms with Crippen molar-refractivity contribution in [2.45, 2.75) is 39.2 Å². The number of nitrogens with one attached hydrogen (secondary N) is 1. The molecule has 0 aromatic heterocycles. The molecule has 76 valence electrons. The van der Waals surface area contributed by atoms with E-state index < -0.39 is 0 Å². The molecule has 1 rings (SSSR count). The third-order valence-electron chi connectivity index (χ3n) is 2.55. The van der Waals surface area contributed by atoms with Crippen LogP contribution in [0.1, 0.15) is 33.1 Å². The van der Waals surface area contributed by atoms with Crippen molar-refractivity contribution in [2.75, 3.05) is 19.6 Å². The summed E-state index contributed by atoms with van der Waals surface area (Å²) in [6, 6.07) is 0.103. The van der Waals surface area contributed by atoms with Gasteiger partial charge in [0.1, 0.15) is 0 Å². The Bertz CT molecular complexity index is 164. The zero-order valence-corrected chi connectivity index (χ0v) is 8.68. The van der Waals surface area contributed by atoms with Crippen LogP contribution < -0.4 is 5.32 Å². The van der Waals surface area contributed by atoms with Crippen LogP contribution in [0, 0.1) is 0 Å². The number of carbonyl (C=O) groups is 1. The molecule has 1 aliphatic heterocycles. The molecule has 1 atom stereocenters. The highest BCUT2D eigenvalue weighted by Crippen LogP contribution is 2.08. The van der Waals surface area contributed by atoms with Gasteiger partial charge >= 0.3 is 0 Å². The van der Waals surface area contributed by atoms with Crippen LogP contribution in [0.4, 0.5) is 0 Å². The Balaban J connectivity index is 2.42. The van der Waals surface area contributed by atoms with Crippen molar-refractivity contribution in [3.05, 3.63) is 0 Å². The highest BCUT2D eigenvalue weighted by atomic mass is 16.2. The van der Waals surface area contributed by atoms with Crippen LogP contribution in [0.5, 0.6) is 0 Å². The first-order valence-electron chi connectivity index (χ1n) is 5.31. The molecule has 0 spiro atoms. The fourth-order valence-corrected chi connectivity index (χ4v) is 1.81. The Hall–Kier alpha value is -0.570. The van der Waals surface area contributed by atoms with E-state index in [1.165, 1.54) is 0 Å². The Morgan fingerprint density at radius 1 is 1.54 bits per heavy atom. The van der Waals surface area contributed by atoms with Gasteiger partial charge in [0.05, 0.1) is 6.04 Å². The summed E-state index contributed by atoms with van der Waals surface area (Å²) in [6.07, 6.45) is 3.20. The van der Waals surface area contributed by atoms with E-state index in [0.29, 0.717) is 5.91 Å². The Morgan fingerprint density at radius 3 is 2.77 bits per heavy atom. The Kier molecular flexibility index (Phi) is 4.22. The first kappa shape index (κ1) is 10.5. The van der Waals surface area contributed by atoms with Crippen LogP contribution in [0.2, 0.25) is 0 Å². The second kappa shape index (κ2) is 5.22. The van der Waals surface area contributed by atoms with Crippen molar-refractivity contribution in [3.8, 4) is 0 Å². The Labute approximate surface area is 80.5 Å². The highest BCUT2D eigenvalue weighted by Gasteiger charge is 2.25. The van der Waals surface area contributed by atoms with Gasteiger partial charge in [0.15, 0.2) is 0 Å². The van der Waals surface area contributed by atoms with Gasteiger partial charge in [0.25, 0.3) is 0 Å². The predicted octanol–water partition coefficient (Wildman–Crippen LogP) is 0.997. The van der Waals surface area contributed by atoms with Crippen LogP contribution in [0.25, 0.3) is 0 Å². The van der Waals surface area contributed by atoms with Crippen molar-refractivity contribution in [1.29, 1.82) is 0 Å². The molecule has 13 heavy (non-hydrogen) atoms. The Morgan fingerprint density at radius 2 is 2.31 bits per heavy atom. The summed E-state index contributed by atoms with van der Waals surface area (Å²) in [7, 11) is 0. The summed E-state index contributed by atoms with van der Waals surface area (Å²) in [5.41, 5.74) is 0. The molecule has 0 saturated carbocycles. The molecule has 1 amide bonds. The van der Waals surface area contributed by atoms with Gasteiger partial charge in [-0.25, -0.2) is 0 Å². The number of likely N-dealkylation sites (N-methyl/N-ethyl adjacent to an activating group) is 1. The van der Waals surface area contributed by atoms with Gasteiger partial charge in [-0.3, -0.25) is 4.79 Å². The maximum absolute atomic E-state index is 11.8. The number of hydrogen-bond donors (Lipinski definition) is 1. The normalized spacial score (nSPS) is 21.8. The third-order valence-corrected chi connectivity index (χ3v) is 2.55. The minimum absolute atomic E-state index is 0.103. The lowest BCUT2D eigenvalue weighted by Gasteiger charge is -2.23. The summed E-state index contributed by atoms with van der Waals surface area (Å²) < 4.78 is 0. The standard InChI is InChI=1S/C10H20N2O/c1-3-8-12(4-2)10(13)9-6-5-7-11-9/h9,11H,3-8H2,1-2H3. The van der Waals surface area contributed by atoms with Crippen molar-refractivity contribution in [2.24, 2.45) is 0 Å². The molecule has 0 aromatic carbocycles. The first-order chi connectivity index (χ1) is 6.29. The number of amides is 1. The van der Waals surface area contributed by atoms with Crippen molar-refractivity contribution in [3.63, 3.8) is 0 Å². The molecule has 1 fully saturated rings. The third kappa shape index (κ3) is 2.69. The topological polar surface area (TPSA) is 32.3 Å². The second-order valence-electron chi connectivity index (χ2n) is 3.57. The number of nitrogens with zero attached hydrogens (tertiary/aromatic N) is 1. The van der Waals surface area contributed by atoms with E-state index in [9.17, 15) is 4.79 Å². The van der Waals surface area contributed by atoms with Gasteiger partial charge in [-0.05, 0) is 32.7 Å². The van der Waals surface area contributed by atoms with Crippen molar-refractivity contribution in [1.82, 2.24) is 10.2 Å². The summed E-state index contributed by atoms with van der Waals surface area (Å²) in [4.78, 5) is 13.8. The van der Waals surface area contributed by atoms with Crippen molar-refractivity contribution < 1.29 is 4.79 Å². The lowest BCUT2D eigenvalue weighted by atomic mass is 10.2. The van der Waals surface area contributed by atoms with E-state index in [4.69, 9.17) is 0 Å². The molecule has 0 aliphatic carbocycles. The molecule has 0 radical (unpaired) electrons. The molecule has 0 bridgehead atoms. The van der Waals surface area contributed by atoms with Gasteiger partial charge < -0.3 is 10.2 Å². The molecule has 1 saturated heterocycles. The molecule has 1 aliphatic rings. The van der Waals surface area contributed by atoms with Crippen LogP contribution >= 0.6 is 0 Å². The van der Waals surface area contributed by atoms with E-state index in [0.717, 1.165) is 38.9 Å². The molecular formula is C10H20N2O. The molecule has 1 heterocycles. The smallest absolute Gasteiger partial charge is 0.239 e. The van der Waals surface area contributed by atoms with E-state index >= 15 is 0 Å². The van der Waals surface area contributed by atoms with Gasteiger partial charge in [0.2, 0.25) is 5.91 Å². The van der Waals surface area contributed by atoms with Crippen molar-refractivity contribution >= 4 is 5.91 Å². The lowest BCUT2D eigenvalue weighted by Crippen LogP contribution is -2.43. The zero-order chi connectivity index (χ0) is 9.68. The van der Waals surface area contributed by atoms with E-state index in [1.54, 1.807) is 0 Å². The number of rotatable bonds is 4. The zero-order valence-electron chi connectivity index (χ0n) is 8.68. The molecular weight excluding hydrogens is 164 g/mol. The summed E-state index contributed by atoms with van der Waals surface area (Å²) >= 11 is 0. The van der Waals surface area contributed by atoms with Crippen LogP contribution in [0.3, 0.4) is 0 Å². The lowest BCUT2D eigenvalue weighted by molar-refractivity contribution is -0.132. The monoisotopic (exact) mass is 184 g/mol. The predicted molar refractivity (Wildman–Crippen MR) is 53.6 cm³/mol. The molecule has 0 aromatic rings. The fourth-order valence-electron chi connectivity index (χ4n) is 1.81. The number of carbonyl (C=O) groups excluding carboxylic acids is 1. The van der Waals surface area contributed by atoms with Crippen LogP contribution in [-0.4, -0.2) is 36.5 Å². The largest absolute Gasteiger partial charge is 0.342 e. The minimum atomic E-state index is 0.103. The van der Waals surface area contributed by atoms with Crippen LogP contribution in [0.15, 0.2) is 0 Å². The average molecular weight is 184 g/mol. The second-order valence-corrected chi connectivity index (χ2v) is 3.57. The maximum Gasteiger partial charge on any atom is 0.239 e. The highest BCUT2D eigenvalue weighted by molar-refractivity contribution is 5.82. The number of hydrogen-bond acceptors (Lipinski definition) is 2. The van der Waals surface area contributed by atoms with Gasteiger partial charge in [-0.1, -0.05) is 6.92 Å². The summed E-state index contributed by atoms with van der Waals surface area (Å²) in [6.45, 7) is 6.89. The summed E-state index contributed by atoms with van der Waals surface area (Å²) in [5.74, 6) is 0.293. The van der Waals surface area contributed by atoms with E-state index in [-0.39, 0.29) is 6.04 Å². The maximum atomic E-state index is 11.8. The molecule has 1 unspecified atom stereocenters. The van der Waals surface area contributed by atoms with Gasteiger partial charge in [-0.2, -0.15) is 0 Å². The fraction of sp³-hybridized carbons (Fsp3) is 0.900. The average Bonchev–Trinajstić information content (AvgIpc) is 2.65. The summed E-state index contributed by atoms with van der Waals surface area (Å²) in [5, 5.41) is 3.24. The SMILES string of the molecule is CCCN(CC)C(=O)C1CCCN1. The first-order valence-corrected chi connectivity index (χ1v) is 5.31. The van der Waals surface area contributed by atoms with Gasteiger partial charge in [0, 0.05) is 13.1 Å². The minimum Gasteiger partial charge on any atom is -0.342 e. The quantitative estimate of drug-likeness (QED) is 0.707.